The van der Waals surface area contributed by atoms with Gasteiger partial charge in [0.1, 0.15) is 5.82 Å². The van der Waals surface area contributed by atoms with E-state index in [1.54, 1.807) is 6.07 Å². The number of hydrogen-bond donors (Lipinski definition) is 0. The van der Waals surface area contributed by atoms with E-state index >= 15 is 0 Å². The molecule has 0 amide bonds. The highest BCUT2D eigenvalue weighted by molar-refractivity contribution is 5.85. The van der Waals surface area contributed by atoms with E-state index in [4.69, 9.17) is 0 Å². The molecule has 0 bridgehead atoms. The van der Waals surface area contributed by atoms with Crippen molar-refractivity contribution in [2.75, 3.05) is 0 Å². The molecule has 0 atom stereocenters. The zero-order valence-electron chi connectivity index (χ0n) is 4.04. The Kier molecular flexibility index (Phi) is 3.12. The number of halogens is 2. The van der Waals surface area contributed by atoms with Crippen molar-refractivity contribution in [3.8, 4) is 0 Å². The van der Waals surface area contributed by atoms with Gasteiger partial charge >= 0.3 is 0 Å². The van der Waals surface area contributed by atoms with E-state index in [1.807, 2.05) is 0 Å². The van der Waals surface area contributed by atoms with Crippen LogP contribution in [0.15, 0.2) is 24.5 Å². The molecule has 0 aliphatic carbocycles. The molecule has 0 aliphatic heterocycles. The van der Waals surface area contributed by atoms with E-state index in [0.717, 1.165) is 0 Å². The van der Waals surface area contributed by atoms with E-state index in [0.29, 0.717) is 0 Å². The first kappa shape index (κ1) is 7.37. The van der Waals surface area contributed by atoms with Crippen molar-refractivity contribution < 1.29 is 4.39 Å². The molecule has 0 fully saturated rings. The molecule has 1 heterocycles. The Labute approximate surface area is 53.0 Å². The summed E-state index contributed by atoms with van der Waals surface area (Å²) >= 11 is 0. The van der Waals surface area contributed by atoms with Crippen LogP contribution in [0.1, 0.15) is 0 Å². The summed E-state index contributed by atoms with van der Waals surface area (Å²) in [6, 6.07) is 2.91. The normalized spacial score (nSPS) is 7.62. The molecule has 0 radical (unpaired) electrons. The summed E-state index contributed by atoms with van der Waals surface area (Å²) in [7, 11) is 0. The highest BCUT2D eigenvalue weighted by atomic mass is 35.5. The maximum Gasteiger partial charge on any atom is 0.141 e. The Morgan fingerprint density at radius 3 is 2.50 bits per heavy atom. The summed E-state index contributed by atoms with van der Waals surface area (Å²) in [6.07, 6.45) is 2.70. The van der Waals surface area contributed by atoms with Gasteiger partial charge in [0.05, 0.1) is 6.20 Å². The third-order valence-corrected chi connectivity index (χ3v) is 0.625. The van der Waals surface area contributed by atoms with Gasteiger partial charge in [-0.2, -0.15) is 0 Å². The van der Waals surface area contributed by atoms with Crippen LogP contribution in [0.3, 0.4) is 0 Å². The van der Waals surface area contributed by atoms with Gasteiger partial charge < -0.3 is 0 Å². The highest BCUT2D eigenvalue weighted by Crippen LogP contribution is 1.87. The second-order valence-electron chi connectivity index (χ2n) is 1.17. The van der Waals surface area contributed by atoms with Gasteiger partial charge in [-0.1, -0.05) is 0 Å². The van der Waals surface area contributed by atoms with Gasteiger partial charge in [0, 0.05) is 6.20 Å². The van der Waals surface area contributed by atoms with Crippen LogP contribution in [0.4, 0.5) is 4.39 Å². The lowest BCUT2D eigenvalue weighted by atomic mass is 10.5. The highest BCUT2D eigenvalue weighted by Gasteiger charge is 1.78. The lowest BCUT2D eigenvalue weighted by molar-refractivity contribution is 0.621. The zero-order chi connectivity index (χ0) is 5.11. The molecule has 0 spiro atoms. The SMILES string of the molecule is Cl.Fc1cccnc1. The van der Waals surface area contributed by atoms with Crippen molar-refractivity contribution in [2.45, 2.75) is 0 Å². The van der Waals surface area contributed by atoms with Gasteiger partial charge in [0.2, 0.25) is 0 Å². The lowest BCUT2D eigenvalue weighted by Crippen LogP contribution is -1.70. The van der Waals surface area contributed by atoms with Gasteiger partial charge in [0.15, 0.2) is 0 Å². The second kappa shape index (κ2) is 3.38. The molecule has 1 rings (SSSR count). The molecule has 0 N–H and O–H groups in total. The van der Waals surface area contributed by atoms with E-state index in [-0.39, 0.29) is 18.2 Å². The fraction of sp³-hybridized carbons (Fsp3) is 0. The van der Waals surface area contributed by atoms with Crippen LogP contribution in [0, 0.1) is 5.82 Å². The number of nitrogens with zero attached hydrogens (tertiary/aromatic N) is 1. The minimum Gasteiger partial charge on any atom is -0.262 e. The van der Waals surface area contributed by atoms with E-state index in [2.05, 4.69) is 4.98 Å². The average Bonchev–Trinajstić information content (AvgIpc) is 1.69. The van der Waals surface area contributed by atoms with Crippen LogP contribution in [-0.4, -0.2) is 4.98 Å². The summed E-state index contributed by atoms with van der Waals surface area (Å²) in [5.41, 5.74) is 0. The van der Waals surface area contributed by atoms with Crippen molar-refractivity contribution in [3.05, 3.63) is 30.3 Å². The smallest absolute Gasteiger partial charge is 0.141 e. The largest absolute Gasteiger partial charge is 0.262 e. The predicted molar refractivity (Wildman–Crippen MR) is 31.4 cm³/mol. The van der Waals surface area contributed by atoms with Crippen LogP contribution in [0.25, 0.3) is 0 Å². The monoisotopic (exact) mass is 133 g/mol. The number of aromatic nitrogens is 1. The van der Waals surface area contributed by atoms with Crippen molar-refractivity contribution in [1.82, 2.24) is 4.98 Å². The van der Waals surface area contributed by atoms with Gasteiger partial charge in [-0.15, -0.1) is 12.4 Å². The molecule has 0 saturated heterocycles. The third kappa shape index (κ3) is 1.89. The summed E-state index contributed by atoms with van der Waals surface area (Å²) in [4.78, 5) is 3.51. The first-order chi connectivity index (χ1) is 3.39. The number of hydrogen-bond acceptors (Lipinski definition) is 1. The van der Waals surface area contributed by atoms with Gasteiger partial charge in [0.25, 0.3) is 0 Å². The Hall–Kier alpha value is -0.630. The van der Waals surface area contributed by atoms with Crippen molar-refractivity contribution in [2.24, 2.45) is 0 Å². The molecule has 0 saturated carbocycles. The molecule has 8 heavy (non-hydrogen) atoms. The van der Waals surface area contributed by atoms with Crippen LogP contribution < -0.4 is 0 Å². The molecule has 1 nitrogen and oxygen atoms in total. The molecular formula is C5H5ClFN. The number of rotatable bonds is 0. The van der Waals surface area contributed by atoms with Gasteiger partial charge in [-0.3, -0.25) is 4.98 Å². The zero-order valence-corrected chi connectivity index (χ0v) is 4.86. The molecule has 0 aliphatic rings. The fourth-order valence-corrected chi connectivity index (χ4v) is 0.342. The van der Waals surface area contributed by atoms with Gasteiger partial charge in [-0.25, -0.2) is 4.39 Å². The Bertz CT molecular complexity index is 142. The second-order valence-corrected chi connectivity index (χ2v) is 1.17. The Balaban J connectivity index is 0.000000490. The van der Waals surface area contributed by atoms with Crippen LogP contribution in [0.2, 0.25) is 0 Å². The summed E-state index contributed by atoms with van der Waals surface area (Å²) in [6.45, 7) is 0. The van der Waals surface area contributed by atoms with Crippen LogP contribution >= 0.6 is 12.4 Å². The van der Waals surface area contributed by atoms with Gasteiger partial charge in [-0.05, 0) is 12.1 Å². The Morgan fingerprint density at radius 1 is 1.50 bits per heavy atom. The summed E-state index contributed by atoms with van der Waals surface area (Å²) in [5, 5.41) is 0. The first-order valence-corrected chi connectivity index (χ1v) is 1.95. The quantitative estimate of drug-likeness (QED) is 0.524. The number of pyridine rings is 1. The van der Waals surface area contributed by atoms with E-state index < -0.39 is 0 Å². The Morgan fingerprint density at radius 2 is 2.25 bits per heavy atom. The fourth-order valence-electron chi connectivity index (χ4n) is 0.342. The maximum atomic E-state index is 11.8. The third-order valence-electron chi connectivity index (χ3n) is 0.625. The average molecular weight is 134 g/mol. The van der Waals surface area contributed by atoms with E-state index in [9.17, 15) is 4.39 Å². The summed E-state index contributed by atoms with van der Waals surface area (Å²) in [5.74, 6) is -0.289. The van der Waals surface area contributed by atoms with Crippen LogP contribution in [0.5, 0.6) is 0 Å². The molecule has 1 aromatic heterocycles. The van der Waals surface area contributed by atoms with Crippen LogP contribution in [-0.2, 0) is 0 Å². The minimum atomic E-state index is -0.289. The van der Waals surface area contributed by atoms with Crippen molar-refractivity contribution >= 4 is 12.4 Å². The molecule has 3 heteroatoms. The molecule has 44 valence electrons. The molecular weight excluding hydrogens is 129 g/mol. The topological polar surface area (TPSA) is 12.9 Å². The molecule has 1 aromatic rings. The standard InChI is InChI=1S/C5H4FN.ClH/c6-5-2-1-3-7-4-5;/h1-4H;1H. The minimum absolute atomic E-state index is 0. The maximum absolute atomic E-state index is 11.8. The van der Waals surface area contributed by atoms with Crippen molar-refractivity contribution in [1.29, 1.82) is 0 Å². The lowest BCUT2D eigenvalue weighted by Gasteiger charge is -1.78. The predicted octanol–water partition coefficient (Wildman–Crippen LogP) is 1.64. The first-order valence-electron chi connectivity index (χ1n) is 1.95. The van der Waals surface area contributed by atoms with E-state index in [1.165, 1.54) is 18.5 Å². The summed E-state index contributed by atoms with van der Waals surface area (Å²) < 4.78 is 11.8. The molecule has 0 unspecified atom stereocenters. The van der Waals surface area contributed by atoms with Crippen molar-refractivity contribution in [3.63, 3.8) is 0 Å². The molecule has 0 aromatic carbocycles.